The Morgan fingerprint density at radius 3 is 2.14 bits per heavy atom. The SMILES string of the molecule is N#Cc1cncc(-c2cccc3c4ccccc4n(-c4cccc5c4C(=O)N(c4ccc(-c6ccccc6)cc4)C5=O)c23)c1. The predicted octanol–water partition coefficient (Wildman–Crippen LogP) is 8.18. The van der Waals surface area contributed by atoms with Gasteiger partial charge in [-0.2, -0.15) is 5.26 Å². The molecule has 206 valence electrons. The fourth-order valence-electron chi connectivity index (χ4n) is 6.27. The summed E-state index contributed by atoms with van der Waals surface area (Å²) >= 11 is 0. The van der Waals surface area contributed by atoms with Gasteiger partial charge in [0.1, 0.15) is 6.07 Å². The maximum absolute atomic E-state index is 14.2. The second-order valence-corrected chi connectivity index (χ2v) is 10.7. The summed E-state index contributed by atoms with van der Waals surface area (Å²) in [4.78, 5) is 33.6. The number of hydrogen-bond donors (Lipinski definition) is 0. The maximum atomic E-state index is 14.2. The van der Waals surface area contributed by atoms with E-state index < -0.39 is 0 Å². The molecular weight excluding hydrogens is 544 g/mol. The normalized spacial score (nSPS) is 12.6. The summed E-state index contributed by atoms with van der Waals surface area (Å²) in [6.45, 7) is 0. The lowest BCUT2D eigenvalue weighted by atomic mass is 10.0. The lowest BCUT2D eigenvalue weighted by molar-refractivity contribution is 0.0926. The molecule has 0 aliphatic carbocycles. The lowest BCUT2D eigenvalue weighted by Gasteiger charge is -2.16. The summed E-state index contributed by atoms with van der Waals surface area (Å²) in [5.41, 5.74) is 7.78. The highest BCUT2D eigenvalue weighted by molar-refractivity contribution is 6.36. The first kappa shape index (κ1) is 25.4. The van der Waals surface area contributed by atoms with Crippen LogP contribution in [0.1, 0.15) is 26.3 Å². The van der Waals surface area contributed by atoms with E-state index in [4.69, 9.17) is 0 Å². The van der Waals surface area contributed by atoms with Crippen molar-refractivity contribution >= 4 is 39.3 Å². The molecule has 0 radical (unpaired) electrons. The van der Waals surface area contributed by atoms with E-state index in [0.717, 1.165) is 44.1 Å². The van der Waals surface area contributed by atoms with Crippen LogP contribution in [0.2, 0.25) is 0 Å². The maximum Gasteiger partial charge on any atom is 0.268 e. The third kappa shape index (κ3) is 3.77. The van der Waals surface area contributed by atoms with Gasteiger partial charge in [0, 0.05) is 34.3 Å². The molecule has 0 bridgehead atoms. The molecule has 44 heavy (non-hydrogen) atoms. The van der Waals surface area contributed by atoms with Crippen LogP contribution in [0.3, 0.4) is 0 Å². The molecule has 5 aromatic carbocycles. The molecule has 8 rings (SSSR count). The Kier molecular flexibility index (Phi) is 5.71. The van der Waals surface area contributed by atoms with Gasteiger partial charge < -0.3 is 4.57 Å². The smallest absolute Gasteiger partial charge is 0.268 e. The van der Waals surface area contributed by atoms with Gasteiger partial charge in [-0.15, -0.1) is 0 Å². The molecule has 2 amide bonds. The van der Waals surface area contributed by atoms with Gasteiger partial charge in [-0.3, -0.25) is 14.6 Å². The number of pyridine rings is 1. The Morgan fingerprint density at radius 2 is 1.32 bits per heavy atom. The quantitative estimate of drug-likeness (QED) is 0.201. The second kappa shape index (κ2) is 9.90. The minimum atomic E-state index is -0.371. The van der Waals surface area contributed by atoms with Crippen LogP contribution in [0.5, 0.6) is 0 Å². The average Bonchev–Trinajstić information content (AvgIpc) is 3.56. The number of benzene rings is 5. The molecule has 0 saturated carbocycles. The summed E-state index contributed by atoms with van der Waals surface area (Å²) in [6.07, 6.45) is 3.27. The van der Waals surface area contributed by atoms with E-state index in [1.807, 2.05) is 103 Å². The Bertz CT molecular complexity index is 2330. The largest absolute Gasteiger partial charge is 0.308 e. The summed E-state index contributed by atoms with van der Waals surface area (Å²) < 4.78 is 2.06. The standard InChI is InChI=1S/C38H22N4O2/c39-21-24-20-27(23-40-22-24)29-11-6-12-31-30-10-4-5-14-33(30)42(36(29)31)34-15-7-13-32-35(34)38(44)41(37(32)43)28-18-16-26(17-19-28)25-8-2-1-3-9-25/h1-20,22-23H. The first-order valence-corrected chi connectivity index (χ1v) is 14.2. The number of rotatable bonds is 4. The Labute approximate surface area is 252 Å². The number of fused-ring (bicyclic) bond motifs is 4. The number of carbonyl (C=O) groups is 2. The molecule has 0 N–H and O–H groups in total. The number of aromatic nitrogens is 2. The van der Waals surface area contributed by atoms with Crippen molar-refractivity contribution < 1.29 is 9.59 Å². The summed E-state index contributed by atoms with van der Waals surface area (Å²) in [6, 6.07) is 40.9. The molecule has 0 unspecified atom stereocenters. The van der Waals surface area contributed by atoms with Crippen LogP contribution in [0, 0.1) is 11.3 Å². The van der Waals surface area contributed by atoms with Gasteiger partial charge >= 0.3 is 0 Å². The minimum Gasteiger partial charge on any atom is -0.308 e. The van der Waals surface area contributed by atoms with Gasteiger partial charge in [-0.25, -0.2) is 4.90 Å². The molecule has 0 saturated heterocycles. The Morgan fingerprint density at radius 1 is 0.614 bits per heavy atom. The van der Waals surface area contributed by atoms with E-state index in [9.17, 15) is 14.9 Å². The van der Waals surface area contributed by atoms with E-state index in [-0.39, 0.29) is 11.8 Å². The summed E-state index contributed by atoms with van der Waals surface area (Å²) in [5.74, 6) is -0.726. The zero-order valence-electron chi connectivity index (χ0n) is 23.3. The number of para-hydroxylation sites is 2. The number of anilines is 1. The Balaban J connectivity index is 1.33. The number of nitriles is 1. The fraction of sp³-hybridized carbons (Fsp3) is 0. The van der Waals surface area contributed by atoms with Gasteiger partial charge in [-0.1, -0.05) is 84.9 Å². The third-order valence-corrected chi connectivity index (χ3v) is 8.24. The van der Waals surface area contributed by atoms with Gasteiger partial charge in [0.2, 0.25) is 0 Å². The first-order valence-electron chi connectivity index (χ1n) is 14.2. The predicted molar refractivity (Wildman–Crippen MR) is 172 cm³/mol. The van der Waals surface area contributed by atoms with Gasteiger partial charge in [0.25, 0.3) is 11.8 Å². The molecule has 1 aliphatic rings. The third-order valence-electron chi connectivity index (χ3n) is 8.24. The minimum absolute atomic E-state index is 0.353. The van der Waals surface area contributed by atoms with Crippen molar-refractivity contribution in [1.29, 1.82) is 5.26 Å². The molecular formula is C38H22N4O2. The molecule has 1 aliphatic heterocycles. The van der Waals surface area contributed by atoms with Gasteiger partial charge in [-0.05, 0) is 47.5 Å². The van der Waals surface area contributed by atoms with Crippen LogP contribution < -0.4 is 4.90 Å². The van der Waals surface area contributed by atoms with Crippen LogP contribution >= 0.6 is 0 Å². The van der Waals surface area contributed by atoms with E-state index in [1.165, 1.54) is 11.1 Å². The Hall–Kier alpha value is -6.32. The first-order chi connectivity index (χ1) is 21.6. The van der Waals surface area contributed by atoms with Crippen molar-refractivity contribution in [2.75, 3.05) is 4.90 Å². The van der Waals surface area contributed by atoms with Crippen molar-refractivity contribution in [2.24, 2.45) is 0 Å². The van der Waals surface area contributed by atoms with Gasteiger partial charge in [0.05, 0.1) is 39.1 Å². The molecule has 6 heteroatoms. The molecule has 0 atom stereocenters. The number of imide groups is 1. The summed E-state index contributed by atoms with van der Waals surface area (Å²) in [5, 5.41) is 11.6. The number of amides is 2. The van der Waals surface area contributed by atoms with Crippen molar-refractivity contribution in [3.05, 3.63) is 150 Å². The van der Waals surface area contributed by atoms with Crippen LogP contribution in [-0.4, -0.2) is 21.4 Å². The molecule has 7 aromatic rings. The highest BCUT2D eigenvalue weighted by atomic mass is 16.2. The van der Waals surface area contributed by atoms with E-state index in [0.29, 0.717) is 28.1 Å². The number of carbonyl (C=O) groups excluding carboxylic acids is 2. The molecule has 2 aromatic heterocycles. The zero-order valence-corrected chi connectivity index (χ0v) is 23.3. The monoisotopic (exact) mass is 566 g/mol. The van der Waals surface area contributed by atoms with Gasteiger partial charge in [0.15, 0.2) is 0 Å². The van der Waals surface area contributed by atoms with Crippen LogP contribution in [-0.2, 0) is 0 Å². The molecule has 0 spiro atoms. The van der Waals surface area contributed by atoms with E-state index in [1.54, 1.807) is 12.3 Å². The van der Waals surface area contributed by atoms with Crippen LogP contribution in [0.4, 0.5) is 5.69 Å². The summed E-state index contributed by atoms with van der Waals surface area (Å²) in [7, 11) is 0. The number of nitrogens with zero attached hydrogens (tertiary/aromatic N) is 4. The van der Waals surface area contributed by atoms with Crippen molar-refractivity contribution in [2.45, 2.75) is 0 Å². The number of hydrogen-bond acceptors (Lipinski definition) is 4. The zero-order chi connectivity index (χ0) is 29.8. The molecule has 0 fully saturated rings. The average molecular weight is 567 g/mol. The van der Waals surface area contributed by atoms with E-state index >= 15 is 0 Å². The highest BCUT2D eigenvalue weighted by Crippen LogP contribution is 2.41. The fourth-order valence-corrected chi connectivity index (χ4v) is 6.27. The van der Waals surface area contributed by atoms with E-state index in [2.05, 4.69) is 27.8 Å². The van der Waals surface area contributed by atoms with Crippen molar-refractivity contribution in [1.82, 2.24) is 9.55 Å². The molecule has 6 nitrogen and oxygen atoms in total. The van der Waals surface area contributed by atoms with Crippen molar-refractivity contribution in [3.63, 3.8) is 0 Å². The highest BCUT2D eigenvalue weighted by Gasteiger charge is 2.39. The second-order valence-electron chi connectivity index (χ2n) is 10.7. The van der Waals surface area contributed by atoms with Crippen LogP contribution in [0.15, 0.2) is 134 Å². The molecule has 3 heterocycles. The lowest BCUT2D eigenvalue weighted by Crippen LogP contribution is -2.29. The van der Waals surface area contributed by atoms with Crippen LogP contribution in [0.25, 0.3) is 49.7 Å². The topological polar surface area (TPSA) is 79.0 Å². The van der Waals surface area contributed by atoms with Crippen molar-refractivity contribution in [3.8, 4) is 34.0 Å².